The second kappa shape index (κ2) is 8.75. The van der Waals surface area contributed by atoms with E-state index >= 15 is 0 Å². The van der Waals surface area contributed by atoms with Gasteiger partial charge in [0, 0.05) is 11.4 Å². The predicted molar refractivity (Wildman–Crippen MR) is 107 cm³/mol. The van der Waals surface area contributed by atoms with Crippen molar-refractivity contribution < 1.29 is 19.1 Å². The first-order valence-electron chi connectivity index (χ1n) is 8.95. The lowest BCUT2D eigenvalue weighted by Crippen LogP contribution is -2.41. The fraction of sp³-hybridized carbons (Fsp3) is 0.316. The molecule has 0 spiro atoms. The number of hydrogen-bond acceptors (Lipinski definition) is 5. The number of ether oxygens (including phenoxy) is 1. The van der Waals surface area contributed by atoms with Crippen molar-refractivity contribution in [3.63, 3.8) is 0 Å². The van der Waals surface area contributed by atoms with E-state index in [0.29, 0.717) is 18.0 Å². The van der Waals surface area contributed by atoms with Crippen LogP contribution in [-0.2, 0) is 4.74 Å². The standard InChI is InChI=1S/C19H22N4O4S/c20-18(25)22-16-14(10-15(28-16)12-6-2-1-3-7-12)17(24)27-13-8-4-5-9-23(11-13)19(21)26/h1-3,6-7,10,13H,4-5,8-9,11H2,(H2,21,26)(H3,20,22,25). The number of esters is 1. The van der Waals surface area contributed by atoms with E-state index in [1.807, 2.05) is 30.3 Å². The van der Waals surface area contributed by atoms with Crippen molar-refractivity contribution in [3.05, 3.63) is 42.0 Å². The molecule has 0 saturated carbocycles. The summed E-state index contributed by atoms with van der Waals surface area (Å²) in [7, 11) is 0. The first kappa shape index (κ1) is 19.7. The minimum atomic E-state index is -0.759. The molecule has 8 nitrogen and oxygen atoms in total. The highest BCUT2D eigenvalue weighted by molar-refractivity contribution is 7.20. The summed E-state index contributed by atoms with van der Waals surface area (Å²) in [5.41, 5.74) is 11.8. The van der Waals surface area contributed by atoms with Gasteiger partial charge >= 0.3 is 18.0 Å². The van der Waals surface area contributed by atoms with Crippen LogP contribution in [0.3, 0.4) is 0 Å². The zero-order chi connectivity index (χ0) is 20.1. The second-order valence-corrected chi connectivity index (χ2v) is 7.57. The van der Waals surface area contributed by atoms with Crippen molar-refractivity contribution in [1.29, 1.82) is 0 Å². The van der Waals surface area contributed by atoms with Gasteiger partial charge in [-0.05, 0) is 30.9 Å². The molecular formula is C19H22N4O4S. The number of thiophene rings is 1. The first-order valence-corrected chi connectivity index (χ1v) is 9.76. The van der Waals surface area contributed by atoms with Crippen molar-refractivity contribution >= 4 is 34.4 Å². The normalized spacial score (nSPS) is 16.9. The van der Waals surface area contributed by atoms with Gasteiger partial charge in [-0.25, -0.2) is 14.4 Å². The van der Waals surface area contributed by atoms with Crippen LogP contribution in [0.5, 0.6) is 0 Å². The Morgan fingerprint density at radius 3 is 2.57 bits per heavy atom. The molecule has 2 aromatic rings. The van der Waals surface area contributed by atoms with Crippen LogP contribution in [0.1, 0.15) is 29.6 Å². The minimum absolute atomic E-state index is 0.234. The van der Waals surface area contributed by atoms with E-state index in [2.05, 4.69) is 5.32 Å². The molecule has 2 heterocycles. The molecule has 4 amide bonds. The Kier molecular flexibility index (Phi) is 6.15. The molecule has 1 unspecified atom stereocenters. The number of nitrogens with two attached hydrogens (primary N) is 2. The van der Waals surface area contributed by atoms with Crippen LogP contribution in [0, 0.1) is 0 Å². The summed E-state index contributed by atoms with van der Waals surface area (Å²) >= 11 is 1.24. The number of anilines is 1. The lowest BCUT2D eigenvalue weighted by atomic mass is 10.1. The van der Waals surface area contributed by atoms with Gasteiger partial charge in [-0.1, -0.05) is 30.3 Å². The third-order valence-corrected chi connectivity index (χ3v) is 5.56. The van der Waals surface area contributed by atoms with E-state index in [4.69, 9.17) is 16.2 Å². The summed E-state index contributed by atoms with van der Waals surface area (Å²) in [6.45, 7) is 0.809. The third-order valence-electron chi connectivity index (χ3n) is 4.46. The topological polar surface area (TPSA) is 128 Å². The van der Waals surface area contributed by atoms with E-state index in [1.165, 1.54) is 16.2 Å². The maximum Gasteiger partial charge on any atom is 0.341 e. The molecule has 0 bridgehead atoms. The lowest BCUT2D eigenvalue weighted by Gasteiger charge is -2.22. The molecule has 1 aliphatic heterocycles. The van der Waals surface area contributed by atoms with Crippen LogP contribution in [0.15, 0.2) is 36.4 Å². The Hall–Kier alpha value is -3.07. The number of nitrogens with zero attached hydrogens (tertiary/aromatic N) is 1. The second-order valence-electron chi connectivity index (χ2n) is 6.52. The van der Waals surface area contributed by atoms with Crippen LogP contribution in [0.2, 0.25) is 0 Å². The minimum Gasteiger partial charge on any atom is -0.457 e. The molecule has 1 aromatic carbocycles. The van der Waals surface area contributed by atoms with Gasteiger partial charge in [-0.3, -0.25) is 5.32 Å². The third kappa shape index (κ3) is 4.80. The van der Waals surface area contributed by atoms with Gasteiger partial charge in [0.15, 0.2) is 0 Å². The summed E-state index contributed by atoms with van der Waals surface area (Å²) in [6.07, 6.45) is 1.82. The van der Waals surface area contributed by atoms with E-state index in [0.717, 1.165) is 23.3 Å². The Morgan fingerprint density at radius 1 is 1.14 bits per heavy atom. The number of urea groups is 2. The summed E-state index contributed by atoms with van der Waals surface area (Å²) in [6, 6.07) is 9.87. The zero-order valence-electron chi connectivity index (χ0n) is 15.2. The van der Waals surface area contributed by atoms with Crippen LogP contribution < -0.4 is 16.8 Å². The predicted octanol–water partition coefficient (Wildman–Crippen LogP) is 3.00. The van der Waals surface area contributed by atoms with E-state index in [-0.39, 0.29) is 12.1 Å². The maximum atomic E-state index is 12.8. The van der Waals surface area contributed by atoms with Crippen LogP contribution in [0.4, 0.5) is 14.6 Å². The number of benzene rings is 1. The maximum absolute atomic E-state index is 12.8. The molecule has 0 radical (unpaired) electrons. The van der Waals surface area contributed by atoms with Crippen molar-refractivity contribution in [2.45, 2.75) is 25.4 Å². The number of amides is 4. The molecule has 9 heteroatoms. The fourth-order valence-electron chi connectivity index (χ4n) is 3.11. The highest BCUT2D eigenvalue weighted by Crippen LogP contribution is 2.36. The SMILES string of the molecule is NC(=O)Nc1sc(-c2ccccc2)cc1C(=O)OC1CCCCN(C(N)=O)C1. The van der Waals surface area contributed by atoms with Crippen molar-refractivity contribution in [2.24, 2.45) is 11.5 Å². The van der Waals surface area contributed by atoms with Crippen LogP contribution in [0.25, 0.3) is 10.4 Å². The highest BCUT2D eigenvalue weighted by Gasteiger charge is 2.26. The van der Waals surface area contributed by atoms with Gasteiger partial charge in [0.05, 0.1) is 12.1 Å². The van der Waals surface area contributed by atoms with E-state index < -0.39 is 24.1 Å². The average molecular weight is 402 g/mol. The summed E-state index contributed by atoms with van der Waals surface area (Å²) in [5, 5.41) is 2.82. The number of likely N-dealkylation sites (tertiary alicyclic amines) is 1. The molecule has 1 aromatic heterocycles. The summed E-state index contributed by atoms with van der Waals surface area (Å²) in [5.74, 6) is -0.571. The number of hydrogen-bond donors (Lipinski definition) is 3. The Morgan fingerprint density at radius 2 is 1.89 bits per heavy atom. The van der Waals surface area contributed by atoms with Gasteiger partial charge in [0.1, 0.15) is 11.1 Å². The molecule has 28 heavy (non-hydrogen) atoms. The largest absolute Gasteiger partial charge is 0.457 e. The van der Waals surface area contributed by atoms with Crippen molar-refractivity contribution in [1.82, 2.24) is 4.90 Å². The molecular weight excluding hydrogens is 380 g/mol. The van der Waals surface area contributed by atoms with E-state index in [9.17, 15) is 14.4 Å². The monoisotopic (exact) mass is 402 g/mol. The van der Waals surface area contributed by atoms with Gasteiger partial charge in [0.25, 0.3) is 0 Å². The molecule has 3 rings (SSSR count). The molecule has 148 valence electrons. The number of primary amides is 2. The molecule has 1 atom stereocenters. The summed E-state index contributed by atoms with van der Waals surface area (Å²) < 4.78 is 5.64. The first-order chi connectivity index (χ1) is 13.4. The zero-order valence-corrected chi connectivity index (χ0v) is 16.0. The molecule has 1 aliphatic rings. The number of rotatable bonds is 4. The number of carbonyl (C=O) groups is 3. The van der Waals surface area contributed by atoms with Gasteiger partial charge in [-0.15, -0.1) is 11.3 Å². The van der Waals surface area contributed by atoms with Crippen LogP contribution in [-0.4, -0.2) is 42.1 Å². The Bertz CT molecular complexity index is 868. The molecule has 1 saturated heterocycles. The Balaban J connectivity index is 1.82. The number of carbonyl (C=O) groups excluding carboxylic acids is 3. The quantitative estimate of drug-likeness (QED) is 0.679. The number of nitrogens with one attached hydrogen (secondary N) is 1. The van der Waals surface area contributed by atoms with Crippen molar-refractivity contribution in [3.8, 4) is 10.4 Å². The average Bonchev–Trinajstić information content (AvgIpc) is 2.92. The smallest absolute Gasteiger partial charge is 0.341 e. The highest BCUT2D eigenvalue weighted by atomic mass is 32.1. The van der Waals surface area contributed by atoms with Crippen LogP contribution >= 0.6 is 11.3 Å². The summed E-state index contributed by atoms with van der Waals surface area (Å²) in [4.78, 5) is 37.9. The molecule has 0 aliphatic carbocycles. The van der Waals surface area contributed by atoms with Gasteiger partial charge in [0.2, 0.25) is 0 Å². The van der Waals surface area contributed by atoms with Gasteiger partial charge < -0.3 is 21.1 Å². The molecule has 5 N–H and O–H groups in total. The van der Waals surface area contributed by atoms with Crippen molar-refractivity contribution in [2.75, 3.05) is 18.4 Å². The van der Waals surface area contributed by atoms with E-state index in [1.54, 1.807) is 6.07 Å². The van der Waals surface area contributed by atoms with Gasteiger partial charge in [-0.2, -0.15) is 0 Å². The fourth-order valence-corrected chi connectivity index (χ4v) is 4.16. The molecule has 1 fully saturated rings. The lowest BCUT2D eigenvalue weighted by molar-refractivity contribution is 0.0242. The Labute approximate surface area is 166 Å².